The van der Waals surface area contributed by atoms with Crippen LogP contribution in [-0.2, 0) is 22.4 Å². The van der Waals surface area contributed by atoms with E-state index in [1.165, 1.54) is 4.88 Å². The van der Waals surface area contributed by atoms with Gasteiger partial charge in [0.2, 0.25) is 12.0 Å². The Bertz CT molecular complexity index is 1120. The molecule has 178 valence electrons. The first-order valence-corrected chi connectivity index (χ1v) is 12.7. The normalized spacial score (nSPS) is 19.7. The summed E-state index contributed by atoms with van der Waals surface area (Å²) in [5.41, 5.74) is 1.78. The molecule has 0 bridgehead atoms. The van der Waals surface area contributed by atoms with Gasteiger partial charge in [0.15, 0.2) is 11.5 Å². The van der Waals surface area contributed by atoms with Crippen LogP contribution in [-0.4, -0.2) is 67.0 Å². The molecule has 0 unspecified atom stereocenters. The van der Waals surface area contributed by atoms with Crippen molar-refractivity contribution in [1.29, 1.82) is 5.26 Å². The monoisotopic (exact) mass is 480 g/mol. The lowest BCUT2D eigenvalue weighted by Gasteiger charge is -2.37. The number of aryl methyl sites for hydroxylation is 1. The molecule has 3 heterocycles. The first-order chi connectivity index (χ1) is 16.6. The maximum absolute atomic E-state index is 12.9. The number of hydrogen-bond donors (Lipinski definition) is 1. The topological polar surface area (TPSA) is 94.9 Å². The lowest BCUT2D eigenvalue weighted by molar-refractivity contribution is -0.143. The minimum atomic E-state index is -0.627. The Hall–Kier alpha value is -3.09. The minimum absolute atomic E-state index is 0.0578. The van der Waals surface area contributed by atoms with Crippen molar-refractivity contribution in [3.05, 3.63) is 40.3 Å². The molecule has 2 amide bonds. The van der Waals surface area contributed by atoms with Crippen molar-refractivity contribution in [3.63, 3.8) is 0 Å². The Labute approximate surface area is 203 Å². The molecule has 1 atom stereocenters. The van der Waals surface area contributed by atoms with Crippen molar-refractivity contribution >= 4 is 28.2 Å². The van der Waals surface area contributed by atoms with Crippen LogP contribution in [0.4, 0.5) is 5.00 Å². The number of nitrogens with one attached hydrogen (secondary N) is 1. The first kappa shape index (κ1) is 22.7. The van der Waals surface area contributed by atoms with Gasteiger partial charge >= 0.3 is 0 Å². The average molecular weight is 481 g/mol. The summed E-state index contributed by atoms with van der Waals surface area (Å²) >= 11 is 1.55. The molecule has 1 aromatic carbocycles. The second kappa shape index (κ2) is 10.0. The van der Waals surface area contributed by atoms with Gasteiger partial charge in [0, 0.05) is 44.0 Å². The molecule has 1 aliphatic carbocycles. The van der Waals surface area contributed by atoms with E-state index >= 15 is 0 Å². The fourth-order valence-electron chi connectivity index (χ4n) is 4.76. The number of anilines is 1. The lowest BCUT2D eigenvalue weighted by atomic mass is 9.96. The predicted octanol–water partition coefficient (Wildman–Crippen LogP) is 2.81. The molecule has 0 saturated carbocycles. The van der Waals surface area contributed by atoms with E-state index in [4.69, 9.17) is 9.47 Å². The minimum Gasteiger partial charge on any atom is -0.485 e. The van der Waals surface area contributed by atoms with E-state index in [2.05, 4.69) is 16.3 Å². The fourth-order valence-corrected chi connectivity index (χ4v) is 6.01. The van der Waals surface area contributed by atoms with Crippen LogP contribution < -0.4 is 14.8 Å². The Kier molecular flexibility index (Phi) is 6.70. The van der Waals surface area contributed by atoms with Gasteiger partial charge in [-0.25, -0.2) is 0 Å². The van der Waals surface area contributed by atoms with E-state index in [0.717, 1.165) is 31.2 Å². The summed E-state index contributed by atoms with van der Waals surface area (Å²) in [6.45, 7) is 3.44. The van der Waals surface area contributed by atoms with Gasteiger partial charge < -0.3 is 19.7 Å². The number of nitrogens with zero attached hydrogens (tertiary/aromatic N) is 3. The van der Waals surface area contributed by atoms with Crippen molar-refractivity contribution in [3.8, 4) is 17.6 Å². The number of para-hydroxylation sites is 2. The number of piperazine rings is 1. The average Bonchev–Trinajstić information content (AvgIpc) is 3.23. The molecule has 8 nitrogen and oxygen atoms in total. The van der Waals surface area contributed by atoms with Gasteiger partial charge in [-0.2, -0.15) is 5.26 Å². The number of ether oxygens (including phenoxy) is 2. The van der Waals surface area contributed by atoms with Crippen LogP contribution in [0.3, 0.4) is 0 Å². The maximum atomic E-state index is 12.9. The van der Waals surface area contributed by atoms with Crippen LogP contribution in [0.15, 0.2) is 24.3 Å². The van der Waals surface area contributed by atoms with Crippen LogP contribution in [0.2, 0.25) is 0 Å². The molecule has 5 rings (SSSR count). The molecule has 1 aromatic heterocycles. The summed E-state index contributed by atoms with van der Waals surface area (Å²) in [4.78, 5) is 30.7. The van der Waals surface area contributed by atoms with Crippen molar-refractivity contribution in [1.82, 2.24) is 9.80 Å². The number of carbonyl (C=O) groups is 2. The Morgan fingerprint density at radius 1 is 1.12 bits per heavy atom. The zero-order valence-corrected chi connectivity index (χ0v) is 19.9. The number of hydrogen-bond acceptors (Lipinski definition) is 7. The fraction of sp³-hybridized carbons (Fsp3) is 0.480. The largest absolute Gasteiger partial charge is 0.485 e. The van der Waals surface area contributed by atoms with E-state index in [1.807, 2.05) is 29.2 Å². The Morgan fingerprint density at radius 3 is 2.68 bits per heavy atom. The molecular weight excluding hydrogens is 452 g/mol. The summed E-state index contributed by atoms with van der Waals surface area (Å²) in [5, 5.41) is 13.2. The standard InChI is InChI=1S/C25H28N4O4S/c26-15-18-17-5-1-4-8-22(17)34-24(18)27-23(30)9-10-28-11-13-29(14-12-28)25(31)21-16-32-19-6-2-3-7-20(19)33-21/h2-3,6-7,21H,1,4-5,8-14,16H2,(H,27,30)/t21-/m0/s1. The van der Waals surface area contributed by atoms with Gasteiger partial charge in [-0.15, -0.1) is 11.3 Å². The number of amides is 2. The summed E-state index contributed by atoms with van der Waals surface area (Å²) in [6, 6.07) is 9.67. The third-order valence-electron chi connectivity index (χ3n) is 6.66. The first-order valence-electron chi connectivity index (χ1n) is 11.9. The van der Waals surface area contributed by atoms with Crippen LogP contribution in [0.25, 0.3) is 0 Å². The third-order valence-corrected chi connectivity index (χ3v) is 7.87. The number of thiophene rings is 1. The van der Waals surface area contributed by atoms with Crippen molar-refractivity contribution < 1.29 is 19.1 Å². The zero-order chi connectivity index (χ0) is 23.5. The van der Waals surface area contributed by atoms with Gasteiger partial charge in [-0.1, -0.05) is 12.1 Å². The van der Waals surface area contributed by atoms with E-state index in [-0.39, 0.29) is 18.4 Å². The van der Waals surface area contributed by atoms with Gasteiger partial charge in [0.05, 0.1) is 5.56 Å². The number of carbonyl (C=O) groups excluding carboxylic acids is 2. The van der Waals surface area contributed by atoms with Crippen molar-refractivity contribution in [2.24, 2.45) is 0 Å². The molecule has 1 N–H and O–H groups in total. The summed E-state index contributed by atoms with van der Waals surface area (Å²) in [5.74, 6) is 1.14. The van der Waals surface area contributed by atoms with E-state index in [1.54, 1.807) is 11.3 Å². The molecule has 1 fully saturated rings. The van der Waals surface area contributed by atoms with Gasteiger partial charge in [-0.3, -0.25) is 14.5 Å². The molecule has 34 heavy (non-hydrogen) atoms. The molecule has 2 aliphatic heterocycles. The van der Waals surface area contributed by atoms with Crippen LogP contribution >= 0.6 is 11.3 Å². The number of nitriles is 1. The van der Waals surface area contributed by atoms with Gasteiger partial charge in [0.25, 0.3) is 5.91 Å². The Morgan fingerprint density at radius 2 is 1.88 bits per heavy atom. The molecule has 1 saturated heterocycles. The van der Waals surface area contributed by atoms with Crippen LogP contribution in [0, 0.1) is 11.3 Å². The highest BCUT2D eigenvalue weighted by Crippen LogP contribution is 2.37. The SMILES string of the molecule is N#Cc1c(NC(=O)CCN2CCN(C(=O)[C@@H]3COc4ccccc4O3)CC2)sc2c1CCCC2. The van der Waals surface area contributed by atoms with Gasteiger partial charge in [-0.05, 0) is 43.4 Å². The second-order valence-electron chi connectivity index (χ2n) is 8.86. The highest BCUT2D eigenvalue weighted by atomic mass is 32.1. The number of rotatable bonds is 5. The molecule has 9 heteroatoms. The third kappa shape index (κ3) is 4.74. The van der Waals surface area contributed by atoms with E-state index < -0.39 is 6.10 Å². The molecule has 0 radical (unpaired) electrons. The van der Waals surface area contributed by atoms with Crippen LogP contribution in [0.1, 0.15) is 35.3 Å². The number of benzene rings is 1. The lowest BCUT2D eigenvalue weighted by Crippen LogP contribution is -2.54. The van der Waals surface area contributed by atoms with Gasteiger partial charge in [0.1, 0.15) is 17.7 Å². The van der Waals surface area contributed by atoms with Crippen molar-refractivity contribution in [2.45, 2.75) is 38.2 Å². The number of fused-ring (bicyclic) bond motifs is 2. The molecule has 3 aliphatic rings. The van der Waals surface area contributed by atoms with Crippen molar-refractivity contribution in [2.75, 3.05) is 44.6 Å². The summed E-state index contributed by atoms with van der Waals surface area (Å²) in [7, 11) is 0. The van der Waals surface area contributed by atoms with E-state index in [0.29, 0.717) is 61.2 Å². The second-order valence-corrected chi connectivity index (χ2v) is 9.96. The zero-order valence-electron chi connectivity index (χ0n) is 19.0. The highest BCUT2D eigenvalue weighted by Gasteiger charge is 2.32. The molecular formula is C25H28N4O4S. The molecule has 2 aromatic rings. The summed E-state index contributed by atoms with van der Waals surface area (Å²) in [6.07, 6.45) is 3.91. The quantitative estimate of drug-likeness (QED) is 0.707. The molecule has 0 spiro atoms. The van der Waals surface area contributed by atoms with Crippen LogP contribution in [0.5, 0.6) is 11.5 Å². The maximum Gasteiger partial charge on any atom is 0.267 e. The highest BCUT2D eigenvalue weighted by molar-refractivity contribution is 7.16. The summed E-state index contributed by atoms with van der Waals surface area (Å²) < 4.78 is 11.5. The Balaban J connectivity index is 1.08. The smallest absolute Gasteiger partial charge is 0.267 e. The predicted molar refractivity (Wildman–Crippen MR) is 128 cm³/mol. The van der Waals surface area contributed by atoms with E-state index in [9.17, 15) is 14.9 Å².